The van der Waals surface area contributed by atoms with Gasteiger partial charge >= 0.3 is 5.97 Å². The molecule has 4 unspecified atom stereocenters. The minimum absolute atomic E-state index is 0.0425. The highest BCUT2D eigenvalue weighted by Crippen LogP contribution is 2.57. The molecule has 0 aromatic rings. The molecule has 0 amide bonds. The summed E-state index contributed by atoms with van der Waals surface area (Å²) in [6, 6.07) is 0. The molecule has 4 atom stereocenters. The van der Waals surface area contributed by atoms with E-state index in [2.05, 4.69) is 27.7 Å². The van der Waals surface area contributed by atoms with Crippen LogP contribution in [0.3, 0.4) is 0 Å². The summed E-state index contributed by atoms with van der Waals surface area (Å²) >= 11 is 0. The van der Waals surface area contributed by atoms with Gasteiger partial charge in [0.15, 0.2) is 0 Å². The molecule has 2 fully saturated rings. The summed E-state index contributed by atoms with van der Waals surface area (Å²) in [4.78, 5) is 11.4. The molecular weight excluding hydrogens is 224 g/mol. The van der Waals surface area contributed by atoms with Crippen LogP contribution in [-0.2, 0) is 9.53 Å². The number of hydrogen-bond donors (Lipinski definition) is 0. The van der Waals surface area contributed by atoms with Crippen LogP contribution in [0.15, 0.2) is 0 Å². The van der Waals surface area contributed by atoms with Crippen LogP contribution in [0.4, 0.5) is 0 Å². The van der Waals surface area contributed by atoms with Gasteiger partial charge in [-0.05, 0) is 49.9 Å². The highest BCUT2D eigenvalue weighted by molar-refractivity contribution is 5.69. The Hall–Kier alpha value is -0.530. The maximum atomic E-state index is 11.4. The number of hydrogen-bond acceptors (Lipinski definition) is 2. The first kappa shape index (κ1) is 13.9. The molecule has 2 aliphatic carbocycles. The zero-order valence-corrected chi connectivity index (χ0v) is 12.6. The molecule has 2 rings (SSSR count). The number of rotatable bonds is 4. The zero-order chi connectivity index (χ0) is 13.6. The second kappa shape index (κ2) is 4.54. The topological polar surface area (TPSA) is 26.3 Å². The van der Waals surface area contributed by atoms with Gasteiger partial charge in [-0.3, -0.25) is 4.79 Å². The van der Waals surface area contributed by atoms with Crippen LogP contribution < -0.4 is 0 Å². The van der Waals surface area contributed by atoms with E-state index in [0.29, 0.717) is 17.8 Å². The monoisotopic (exact) mass is 252 g/mol. The molecule has 0 bridgehead atoms. The molecule has 0 aromatic carbocycles. The SMILES string of the molecule is CCC(=O)OC1(C)CC1CC1CCC(C)C1(C)C. The van der Waals surface area contributed by atoms with Crippen molar-refractivity contribution in [3.05, 3.63) is 0 Å². The van der Waals surface area contributed by atoms with Gasteiger partial charge in [0.1, 0.15) is 5.60 Å². The Balaban J connectivity index is 1.88. The van der Waals surface area contributed by atoms with E-state index >= 15 is 0 Å². The first-order chi connectivity index (χ1) is 8.29. The van der Waals surface area contributed by atoms with Crippen LogP contribution in [0.2, 0.25) is 0 Å². The molecular formula is C16H28O2. The summed E-state index contributed by atoms with van der Waals surface area (Å²) < 4.78 is 5.58. The Morgan fingerprint density at radius 3 is 2.39 bits per heavy atom. The summed E-state index contributed by atoms with van der Waals surface area (Å²) in [6.07, 6.45) is 5.51. The smallest absolute Gasteiger partial charge is 0.306 e. The normalized spacial score (nSPS) is 41.7. The number of ether oxygens (including phenoxy) is 1. The molecule has 2 saturated carbocycles. The molecule has 0 saturated heterocycles. The molecule has 0 radical (unpaired) electrons. The standard InChI is InChI=1S/C16H28O2/c1-6-14(17)18-16(5)10-13(16)9-12-8-7-11(2)15(12,3)4/h11-13H,6-10H2,1-5H3. The fourth-order valence-electron chi connectivity index (χ4n) is 3.58. The van der Waals surface area contributed by atoms with E-state index in [0.717, 1.165) is 18.3 Å². The van der Waals surface area contributed by atoms with Crippen molar-refractivity contribution >= 4 is 5.97 Å². The first-order valence-electron chi connectivity index (χ1n) is 7.51. The van der Waals surface area contributed by atoms with E-state index < -0.39 is 0 Å². The third-order valence-electron chi connectivity index (χ3n) is 5.83. The summed E-state index contributed by atoms with van der Waals surface area (Å²) in [5.74, 6) is 2.19. The lowest BCUT2D eigenvalue weighted by molar-refractivity contribution is -0.150. The molecule has 2 nitrogen and oxygen atoms in total. The van der Waals surface area contributed by atoms with Crippen molar-refractivity contribution in [1.82, 2.24) is 0 Å². The molecule has 2 heteroatoms. The van der Waals surface area contributed by atoms with Gasteiger partial charge < -0.3 is 4.74 Å². The highest BCUT2D eigenvalue weighted by atomic mass is 16.6. The lowest BCUT2D eigenvalue weighted by atomic mass is 9.74. The largest absolute Gasteiger partial charge is 0.459 e. The maximum Gasteiger partial charge on any atom is 0.306 e. The van der Waals surface area contributed by atoms with E-state index in [1.54, 1.807) is 0 Å². The van der Waals surface area contributed by atoms with Gasteiger partial charge in [0.2, 0.25) is 0 Å². The van der Waals surface area contributed by atoms with Crippen molar-refractivity contribution in [2.45, 2.75) is 72.3 Å². The Morgan fingerprint density at radius 1 is 1.22 bits per heavy atom. The van der Waals surface area contributed by atoms with E-state index in [1.807, 2.05) is 6.92 Å². The lowest BCUT2D eigenvalue weighted by Gasteiger charge is -2.31. The predicted molar refractivity (Wildman–Crippen MR) is 73.2 cm³/mol. The van der Waals surface area contributed by atoms with Crippen molar-refractivity contribution in [3.63, 3.8) is 0 Å². The maximum absolute atomic E-state index is 11.4. The molecule has 104 valence electrons. The van der Waals surface area contributed by atoms with Gasteiger partial charge in [-0.15, -0.1) is 0 Å². The summed E-state index contributed by atoms with van der Waals surface area (Å²) in [6.45, 7) is 11.2. The molecule has 0 heterocycles. The van der Waals surface area contributed by atoms with Crippen LogP contribution in [0.1, 0.15) is 66.7 Å². The molecule has 0 aliphatic heterocycles. The van der Waals surface area contributed by atoms with Gasteiger partial charge in [-0.2, -0.15) is 0 Å². The van der Waals surface area contributed by atoms with E-state index in [4.69, 9.17) is 4.74 Å². The van der Waals surface area contributed by atoms with Gasteiger partial charge in [-0.1, -0.05) is 27.7 Å². The molecule has 18 heavy (non-hydrogen) atoms. The second-order valence-electron chi connectivity index (χ2n) is 7.27. The van der Waals surface area contributed by atoms with Crippen molar-refractivity contribution < 1.29 is 9.53 Å². The lowest BCUT2D eigenvalue weighted by Crippen LogP contribution is -2.25. The minimum Gasteiger partial charge on any atom is -0.459 e. The summed E-state index contributed by atoms with van der Waals surface area (Å²) in [5, 5.41) is 0. The van der Waals surface area contributed by atoms with Gasteiger partial charge in [0.25, 0.3) is 0 Å². The van der Waals surface area contributed by atoms with E-state index in [1.165, 1.54) is 19.3 Å². The Morgan fingerprint density at radius 2 is 1.89 bits per heavy atom. The number of carbonyl (C=O) groups excluding carboxylic acids is 1. The van der Waals surface area contributed by atoms with Crippen LogP contribution in [0, 0.1) is 23.2 Å². The summed E-state index contributed by atoms with van der Waals surface area (Å²) in [5.41, 5.74) is 0.313. The Bertz CT molecular complexity index is 334. The van der Waals surface area contributed by atoms with Crippen LogP contribution in [0.5, 0.6) is 0 Å². The third kappa shape index (κ3) is 2.44. The fraction of sp³-hybridized carbons (Fsp3) is 0.938. The fourth-order valence-corrected chi connectivity index (χ4v) is 3.58. The average Bonchev–Trinajstić information content (AvgIpc) is 2.85. The average molecular weight is 252 g/mol. The first-order valence-corrected chi connectivity index (χ1v) is 7.51. The van der Waals surface area contributed by atoms with Crippen molar-refractivity contribution in [2.24, 2.45) is 23.2 Å². The second-order valence-corrected chi connectivity index (χ2v) is 7.27. The number of esters is 1. The Kier molecular flexibility index (Phi) is 3.50. The minimum atomic E-state index is -0.144. The molecule has 0 N–H and O–H groups in total. The quantitative estimate of drug-likeness (QED) is 0.702. The van der Waals surface area contributed by atoms with Crippen molar-refractivity contribution in [3.8, 4) is 0 Å². The van der Waals surface area contributed by atoms with Gasteiger partial charge in [0, 0.05) is 12.3 Å². The van der Waals surface area contributed by atoms with Crippen molar-refractivity contribution in [1.29, 1.82) is 0 Å². The van der Waals surface area contributed by atoms with E-state index in [9.17, 15) is 4.79 Å². The zero-order valence-electron chi connectivity index (χ0n) is 12.6. The third-order valence-corrected chi connectivity index (χ3v) is 5.83. The highest BCUT2D eigenvalue weighted by Gasteiger charge is 2.56. The summed E-state index contributed by atoms with van der Waals surface area (Å²) in [7, 11) is 0. The van der Waals surface area contributed by atoms with Crippen molar-refractivity contribution in [2.75, 3.05) is 0 Å². The molecule has 0 spiro atoms. The predicted octanol–water partition coefficient (Wildman–Crippen LogP) is 4.18. The van der Waals surface area contributed by atoms with E-state index in [-0.39, 0.29) is 11.6 Å². The van der Waals surface area contributed by atoms with Gasteiger partial charge in [0.05, 0.1) is 0 Å². The van der Waals surface area contributed by atoms with Crippen LogP contribution in [-0.4, -0.2) is 11.6 Å². The Labute approximate surface area is 111 Å². The molecule has 2 aliphatic rings. The van der Waals surface area contributed by atoms with Crippen LogP contribution >= 0.6 is 0 Å². The number of carbonyl (C=O) groups is 1. The molecule has 0 aromatic heterocycles. The van der Waals surface area contributed by atoms with Crippen LogP contribution in [0.25, 0.3) is 0 Å². The van der Waals surface area contributed by atoms with Gasteiger partial charge in [-0.25, -0.2) is 0 Å².